The van der Waals surface area contributed by atoms with Gasteiger partial charge in [-0.15, -0.1) is 0 Å². The maximum Gasteiger partial charge on any atom is 0.261 e. The SMILES string of the molecule is COc1ccc(S(=O)(=O)Nc2ccc(Cl)c(Cl)c2)cc1C. The molecule has 0 aliphatic rings. The molecule has 0 aromatic heterocycles. The maximum absolute atomic E-state index is 12.3. The van der Waals surface area contributed by atoms with Gasteiger partial charge in [-0.25, -0.2) is 8.42 Å². The van der Waals surface area contributed by atoms with Gasteiger partial charge in [0.1, 0.15) is 5.75 Å². The molecule has 2 aromatic carbocycles. The molecule has 0 amide bonds. The van der Waals surface area contributed by atoms with Gasteiger partial charge in [0.15, 0.2) is 0 Å². The van der Waals surface area contributed by atoms with Crippen molar-refractivity contribution in [3.8, 4) is 5.75 Å². The lowest BCUT2D eigenvalue weighted by Gasteiger charge is -2.11. The molecule has 0 unspecified atom stereocenters. The number of benzene rings is 2. The summed E-state index contributed by atoms with van der Waals surface area (Å²) in [6.07, 6.45) is 0. The van der Waals surface area contributed by atoms with E-state index in [1.807, 2.05) is 0 Å². The number of halogens is 2. The molecule has 0 atom stereocenters. The van der Waals surface area contributed by atoms with Gasteiger partial charge >= 0.3 is 0 Å². The van der Waals surface area contributed by atoms with Gasteiger partial charge in [0, 0.05) is 0 Å². The number of anilines is 1. The second-order valence-corrected chi connectivity index (χ2v) is 6.86. The highest BCUT2D eigenvalue weighted by Gasteiger charge is 2.16. The number of hydrogen-bond donors (Lipinski definition) is 1. The smallest absolute Gasteiger partial charge is 0.261 e. The standard InChI is InChI=1S/C14H13Cl2NO3S/c1-9-7-11(4-6-14(9)20-2)21(18,19)17-10-3-5-12(15)13(16)8-10/h3-8,17H,1-2H3. The minimum absolute atomic E-state index is 0.145. The first-order chi connectivity index (χ1) is 9.83. The Balaban J connectivity index is 2.33. The zero-order valence-electron chi connectivity index (χ0n) is 11.4. The van der Waals surface area contributed by atoms with E-state index < -0.39 is 10.0 Å². The third-order valence-electron chi connectivity index (χ3n) is 2.85. The molecule has 0 aliphatic carbocycles. The monoisotopic (exact) mass is 345 g/mol. The van der Waals surface area contributed by atoms with Crippen LogP contribution in [0.2, 0.25) is 10.0 Å². The summed E-state index contributed by atoms with van der Waals surface area (Å²) in [6, 6.07) is 9.16. The average Bonchev–Trinajstić information content (AvgIpc) is 2.42. The summed E-state index contributed by atoms with van der Waals surface area (Å²) < 4.78 is 32.2. The zero-order chi connectivity index (χ0) is 15.6. The van der Waals surface area contributed by atoms with Crippen LogP contribution < -0.4 is 9.46 Å². The minimum Gasteiger partial charge on any atom is -0.496 e. The first kappa shape index (κ1) is 15.9. The van der Waals surface area contributed by atoms with Gasteiger partial charge in [0.2, 0.25) is 0 Å². The van der Waals surface area contributed by atoms with Gasteiger partial charge < -0.3 is 4.74 Å². The predicted molar refractivity (Wildman–Crippen MR) is 85.0 cm³/mol. The average molecular weight is 346 g/mol. The van der Waals surface area contributed by atoms with Gasteiger partial charge in [0.05, 0.1) is 27.7 Å². The van der Waals surface area contributed by atoms with E-state index in [0.717, 1.165) is 5.56 Å². The number of hydrogen-bond acceptors (Lipinski definition) is 3. The summed E-state index contributed by atoms with van der Waals surface area (Å²) in [6.45, 7) is 1.77. The Hall–Kier alpha value is -1.43. The summed E-state index contributed by atoms with van der Waals surface area (Å²) in [4.78, 5) is 0.145. The van der Waals surface area contributed by atoms with Gasteiger partial charge in [-0.1, -0.05) is 23.2 Å². The highest BCUT2D eigenvalue weighted by Crippen LogP contribution is 2.27. The van der Waals surface area contributed by atoms with Crippen LogP contribution in [0.25, 0.3) is 0 Å². The molecule has 2 aromatic rings. The number of nitrogens with one attached hydrogen (secondary N) is 1. The van der Waals surface area contributed by atoms with Crippen LogP contribution in [0.5, 0.6) is 5.75 Å². The van der Waals surface area contributed by atoms with E-state index in [1.54, 1.807) is 25.1 Å². The number of rotatable bonds is 4. The van der Waals surface area contributed by atoms with Gasteiger partial charge in [-0.2, -0.15) is 0 Å². The molecule has 0 radical (unpaired) electrons. The molecule has 1 N–H and O–H groups in total. The molecule has 0 saturated heterocycles. The van der Waals surface area contributed by atoms with Crippen molar-refractivity contribution in [1.29, 1.82) is 0 Å². The third-order valence-corrected chi connectivity index (χ3v) is 4.97. The van der Waals surface area contributed by atoms with Crippen molar-refractivity contribution in [3.05, 3.63) is 52.0 Å². The van der Waals surface area contributed by atoms with E-state index in [1.165, 1.54) is 25.3 Å². The Kier molecular flexibility index (Phi) is 4.66. The Labute approximate surface area is 133 Å². The highest BCUT2D eigenvalue weighted by atomic mass is 35.5. The number of aryl methyl sites for hydroxylation is 1. The molecule has 2 rings (SSSR count). The lowest BCUT2D eigenvalue weighted by atomic mass is 10.2. The minimum atomic E-state index is -3.70. The van der Waals surface area contributed by atoms with E-state index in [4.69, 9.17) is 27.9 Å². The molecule has 4 nitrogen and oxygen atoms in total. The van der Waals surface area contributed by atoms with Crippen molar-refractivity contribution >= 4 is 38.9 Å². The van der Waals surface area contributed by atoms with Crippen LogP contribution in [0.3, 0.4) is 0 Å². The zero-order valence-corrected chi connectivity index (χ0v) is 13.7. The summed E-state index contributed by atoms with van der Waals surface area (Å²) >= 11 is 11.7. The van der Waals surface area contributed by atoms with Gasteiger partial charge in [0.25, 0.3) is 10.0 Å². The quantitative estimate of drug-likeness (QED) is 0.906. The largest absolute Gasteiger partial charge is 0.496 e. The molecule has 0 fully saturated rings. The Morgan fingerprint density at radius 1 is 1.05 bits per heavy atom. The van der Waals surface area contributed by atoms with Crippen LogP contribution in [-0.2, 0) is 10.0 Å². The maximum atomic E-state index is 12.3. The van der Waals surface area contributed by atoms with Crippen LogP contribution in [-0.4, -0.2) is 15.5 Å². The van der Waals surface area contributed by atoms with Crippen LogP contribution in [0.1, 0.15) is 5.56 Å². The molecule has 0 aliphatic heterocycles. The Morgan fingerprint density at radius 2 is 1.76 bits per heavy atom. The number of sulfonamides is 1. The topological polar surface area (TPSA) is 55.4 Å². The first-order valence-corrected chi connectivity index (χ1v) is 8.20. The normalized spacial score (nSPS) is 11.2. The van der Waals surface area contributed by atoms with E-state index in [-0.39, 0.29) is 9.92 Å². The van der Waals surface area contributed by atoms with Gasteiger partial charge in [-0.05, 0) is 48.9 Å². The summed E-state index contributed by atoms with van der Waals surface area (Å²) in [5, 5.41) is 0.641. The Morgan fingerprint density at radius 3 is 2.33 bits per heavy atom. The van der Waals surface area contributed by atoms with Crippen LogP contribution >= 0.6 is 23.2 Å². The molecular weight excluding hydrogens is 333 g/mol. The fraction of sp³-hybridized carbons (Fsp3) is 0.143. The van der Waals surface area contributed by atoms with Crippen molar-refractivity contribution in [1.82, 2.24) is 0 Å². The van der Waals surface area contributed by atoms with Crippen molar-refractivity contribution in [2.75, 3.05) is 11.8 Å². The lowest BCUT2D eigenvalue weighted by molar-refractivity contribution is 0.411. The van der Waals surface area contributed by atoms with E-state index in [9.17, 15) is 8.42 Å². The second kappa shape index (κ2) is 6.13. The van der Waals surface area contributed by atoms with Crippen molar-refractivity contribution < 1.29 is 13.2 Å². The first-order valence-electron chi connectivity index (χ1n) is 5.96. The molecule has 7 heteroatoms. The van der Waals surface area contributed by atoms with Crippen LogP contribution in [0.4, 0.5) is 5.69 Å². The predicted octanol–water partition coefficient (Wildman–Crippen LogP) is 4.11. The molecular formula is C14H13Cl2NO3S. The summed E-state index contributed by atoms with van der Waals surface area (Å²) in [7, 11) is -2.17. The molecule has 0 saturated carbocycles. The fourth-order valence-electron chi connectivity index (χ4n) is 1.79. The fourth-order valence-corrected chi connectivity index (χ4v) is 3.22. The second-order valence-electron chi connectivity index (χ2n) is 4.37. The number of methoxy groups -OCH3 is 1. The van der Waals surface area contributed by atoms with Crippen molar-refractivity contribution in [3.63, 3.8) is 0 Å². The molecule has 0 heterocycles. The molecule has 0 bridgehead atoms. The summed E-state index contributed by atoms with van der Waals surface area (Å²) in [5.74, 6) is 0.628. The van der Waals surface area contributed by atoms with E-state index >= 15 is 0 Å². The third kappa shape index (κ3) is 3.61. The molecule has 21 heavy (non-hydrogen) atoms. The van der Waals surface area contributed by atoms with Crippen molar-refractivity contribution in [2.24, 2.45) is 0 Å². The van der Waals surface area contributed by atoms with E-state index in [2.05, 4.69) is 4.72 Å². The number of ether oxygens (including phenoxy) is 1. The highest BCUT2D eigenvalue weighted by molar-refractivity contribution is 7.92. The lowest BCUT2D eigenvalue weighted by Crippen LogP contribution is -2.13. The van der Waals surface area contributed by atoms with Crippen LogP contribution in [0.15, 0.2) is 41.3 Å². The molecule has 112 valence electrons. The van der Waals surface area contributed by atoms with Crippen molar-refractivity contribution in [2.45, 2.75) is 11.8 Å². The van der Waals surface area contributed by atoms with E-state index in [0.29, 0.717) is 16.5 Å². The van der Waals surface area contributed by atoms with Crippen LogP contribution in [0, 0.1) is 6.92 Å². The van der Waals surface area contributed by atoms with Gasteiger partial charge in [-0.3, -0.25) is 4.72 Å². The Bertz CT molecular complexity index is 776. The molecule has 0 spiro atoms. The summed E-state index contributed by atoms with van der Waals surface area (Å²) in [5.41, 5.74) is 1.08.